The van der Waals surface area contributed by atoms with E-state index in [9.17, 15) is 19.8 Å². The van der Waals surface area contributed by atoms with E-state index in [2.05, 4.69) is 20.5 Å². The van der Waals surface area contributed by atoms with Crippen LogP contribution in [-0.4, -0.2) is 22.2 Å². The summed E-state index contributed by atoms with van der Waals surface area (Å²) in [6.45, 7) is 3.74. The Kier molecular flexibility index (Phi) is 11.7. The zero-order chi connectivity index (χ0) is 27.4. The molecule has 0 spiro atoms. The first-order valence-corrected chi connectivity index (χ1v) is 11.3. The molecular formula is C28H20N4Na2O6. The van der Waals surface area contributed by atoms with E-state index in [4.69, 9.17) is 10.2 Å². The van der Waals surface area contributed by atoms with E-state index in [0.29, 0.717) is 11.4 Å². The van der Waals surface area contributed by atoms with Crippen molar-refractivity contribution in [3.8, 4) is 22.6 Å². The van der Waals surface area contributed by atoms with Gasteiger partial charge in [-0.3, -0.25) is 0 Å². The molecule has 0 aliphatic carbocycles. The quantitative estimate of drug-likeness (QED) is 0.247. The zero-order valence-corrected chi connectivity index (χ0v) is 26.2. The minimum Gasteiger partial charge on any atom is -0.872 e. The molecule has 0 radical (unpaired) electrons. The minimum atomic E-state index is -1.32. The topological polar surface area (TPSA) is 170 Å². The monoisotopic (exact) mass is 554 g/mol. The Labute approximate surface area is 273 Å². The van der Waals surface area contributed by atoms with Crippen LogP contribution in [0.4, 0.5) is 22.7 Å². The van der Waals surface area contributed by atoms with Gasteiger partial charge in [0.25, 0.3) is 0 Å². The third-order valence-electron chi connectivity index (χ3n) is 5.66. The summed E-state index contributed by atoms with van der Waals surface area (Å²) in [4.78, 5) is 22.3. The molecule has 0 amide bonds. The van der Waals surface area contributed by atoms with Crippen LogP contribution in [0.1, 0.15) is 31.8 Å². The molecule has 0 unspecified atom stereocenters. The van der Waals surface area contributed by atoms with Gasteiger partial charge in [-0.05, 0) is 84.6 Å². The van der Waals surface area contributed by atoms with Gasteiger partial charge in [0.2, 0.25) is 0 Å². The predicted molar refractivity (Wildman–Crippen MR) is 135 cm³/mol. The van der Waals surface area contributed by atoms with Gasteiger partial charge in [-0.15, -0.1) is 0 Å². The van der Waals surface area contributed by atoms with Gasteiger partial charge >= 0.3 is 71.1 Å². The minimum absolute atomic E-state index is 0. The number of hydrogen-bond acceptors (Lipinski definition) is 8. The van der Waals surface area contributed by atoms with E-state index < -0.39 is 23.4 Å². The summed E-state index contributed by atoms with van der Waals surface area (Å²) in [6, 6.07) is 18.7. The van der Waals surface area contributed by atoms with E-state index in [0.717, 1.165) is 34.4 Å². The third-order valence-corrected chi connectivity index (χ3v) is 5.66. The van der Waals surface area contributed by atoms with E-state index in [1.165, 1.54) is 24.3 Å². The number of carboxylic acid groups (broad SMARTS) is 2. The molecule has 4 aromatic carbocycles. The van der Waals surface area contributed by atoms with Crippen molar-refractivity contribution in [1.82, 2.24) is 0 Å². The van der Waals surface area contributed by atoms with Crippen LogP contribution in [0.2, 0.25) is 0 Å². The maximum Gasteiger partial charge on any atom is 1.00 e. The molecule has 0 aliphatic heterocycles. The molecule has 0 aromatic heterocycles. The largest absolute Gasteiger partial charge is 1.00 e. The molecule has 0 atom stereocenters. The van der Waals surface area contributed by atoms with Crippen molar-refractivity contribution in [2.24, 2.45) is 20.5 Å². The number of benzene rings is 4. The summed E-state index contributed by atoms with van der Waals surface area (Å²) < 4.78 is 0. The predicted octanol–water partition coefficient (Wildman–Crippen LogP) is 0.353. The van der Waals surface area contributed by atoms with Crippen LogP contribution in [-0.2, 0) is 0 Å². The smallest absolute Gasteiger partial charge is 0.872 e. The molecule has 0 saturated carbocycles. The number of carboxylic acids is 2. The van der Waals surface area contributed by atoms with Gasteiger partial charge in [-0.1, -0.05) is 35.8 Å². The second kappa shape index (κ2) is 14.3. The molecule has 0 heterocycles. The van der Waals surface area contributed by atoms with Crippen LogP contribution in [0.5, 0.6) is 11.5 Å². The van der Waals surface area contributed by atoms with Crippen molar-refractivity contribution in [1.29, 1.82) is 0 Å². The Hall–Kier alpha value is -3.38. The number of aromatic carboxylic acids is 2. The molecule has 0 aliphatic rings. The van der Waals surface area contributed by atoms with Crippen molar-refractivity contribution in [3.05, 3.63) is 95.1 Å². The molecule has 190 valence electrons. The maximum atomic E-state index is 11.6. The molecule has 4 aromatic rings. The van der Waals surface area contributed by atoms with Gasteiger partial charge in [-0.2, -0.15) is 20.5 Å². The van der Waals surface area contributed by atoms with Gasteiger partial charge in [0.1, 0.15) is 0 Å². The van der Waals surface area contributed by atoms with Crippen LogP contribution < -0.4 is 69.3 Å². The van der Waals surface area contributed by atoms with E-state index in [1.807, 2.05) is 38.1 Å². The average Bonchev–Trinajstić information content (AvgIpc) is 2.88. The molecular weight excluding hydrogens is 534 g/mol. The Morgan fingerprint density at radius 2 is 0.950 bits per heavy atom. The Bertz CT molecular complexity index is 1520. The van der Waals surface area contributed by atoms with Gasteiger partial charge in [0.05, 0.1) is 33.9 Å². The zero-order valence-electron chi connectivity index (χ0n) is 22.2. The van der Waals surface area contributed by atoms with E-state index in [1.54, 1.807) is 12.1 Å². The summed E-state index contributed by atoms with van der Waals surface area (Å²) in [6.07, 6.45) is 0. The second-order valence-electron chi connectivity index (χ2n) is 8.37. The van der Waals surface area contributed by atoms with E-state index in [-0.39, 0.29) is 81.6 Å². The molecule has 0 bridgehead atoms. The number of aryl methyl sites for hydroxylation is 2. The number of azo groups is 2. The van der Waals surface area contributed by atoms with Gasteiger partial charge in [0.15, 0.2) is 0 Å². The summed E-state index contributed by atoms with van der Waals surface area (Å²) in [7, 11) is 0. The Morgan fingerprint density at radius 1 is 0.575 bits per heavy atom. The molecule has 12 heteroatoms. The van der Waals surface area contributed by atoms with Crippen molar-refractivity contribution in [2.45, 2.75) is 13.8 Å². The van der Waals surface area contributed by atoms with Crippen molar-refractivity contribution in [3.63, 3.8) is 0 Å². The maximum absolute atomic E-state index is 11.6. The van der Waals surface area contributed by atoms with Gasteiger partial charge in [-0.25, -0.2) is 9.59 Å². The molecule has 0 saturated heterocycles. The van der Waals surface area contributed by atoms with Crippen molar-refractivity contribution < 1.29 is 89.1 Å². The SMILES string of the molecule is Cc1cc(-c2ccc(N=Nc3ccc([O-])c(C(=O)O)c3)c(C)c2)ccc1N=Nc1ccc([O-])c(C(=O)O)c1.[Na+].[Na+]. The van der Waals surface area contributed by atoms with Crippen LogP contribution in [0.25, 0.3) is 11.1 Å². The van der Waals surface area contributed by atoms with Gasteiger partial charge in [0, 0.05) is 0 Å². The number of rotatable bonds is 7. The Balaban J connectivity index is 0.00000280. The number of nitrogens with zero attached hydrogens (tertiary/aromatic N) is 4. The molecule has 10 nitrogen and oxygen atoms in total. The summed E-state index contributed by atoms with van der Waals surface area (Å²) in [5.41, 5.74) is 4.48. The van der Waals surface area contributed by atoms with Crippen LogP contribution in [0.15, 0.2) is 93.3 Å². The van der Waals surface area contributed by atoms with Gasteiger partial charge < -0.3 is 20.4 Å². The fourth-order valence-corrected chi connectivity index (χ4v) is 3.61. The standard InChI is InChI=1S/C28H22N4O6.2Na/c1-15-11-17(3-7-23(15)31-29-19-5-9-25(33)21(13-19)27(35)36)18-4-8-24(16(2)12-18)32-30-20-6-10-26(34)22(14-20)28(37)38;;/h3-14,33-34H,1-2H3,(H,35,36)(H,37,38);;/q;2*+1/p-2. The van der Waals surface area contributed by atoms with Crippen molar-refractivity contribution >= 4 is 34.7 Å². The summed E-state index contributed by atoms with van der Waals surface area (Å²) in [5, 5.41) is 57.9. The normalized spacial score (nSPS) is 10.8. The first-order chi connectivity index (χ1) is 18.1. The van der Waals surface area contributed by atoms with Crippen LogP contribution in [0, 0.1) is 13.8 Å². The fraction of sp³-hybridized carbons (Fsp3) is 0.0714. The first kappa shape index (κ1) is 32.8. The molecule has 2 N–H and O–H groups in total. The Morgan fingerprint density at radius 3 is 1.27 bits per heavy atom. The molecule has 0 fully saturated rings. The molecule has 4 rings (SSSR count). The number of hydrogen-bond donors (Lipinski definition) is 2. The third kappa shape index (κ3) is 7.85. The number of carbonyl (C=O) groups is 2. The van der Waals surface area contributed by atoms with E-state index >= 15 is 0 Å². The summed E-state index contributed by atoms with van der Waals surface area (Å²) >= 11 is 0. The second-order valence-corrected chi connectivity index (χ2v) is 8.37. The fourth-order valence-electron chi connectivity index (χ4n) is 3.61. The molecule has 40 heavy (non-hydrogen) atoms. The average molecular weight is 554 g/mol. The van der Waals surface area contributed by atoms with Crippen LogP contribution in [0.3, 0.4) is 0 Å². The van der Waals surface area contributed by atoms with Crippen molar-refractivity contribution in [2.75, 3.05) is 0 Å². The summed E-state index contributed by atoms with van der Waals surface area (Å²) in [5.74, 6) is -3.82. The first-order valence-electron chi connectivity index (χ1n) is 11.3. The van der Waals surface area contributed by atoms with Crippen LogP contribution >= 0.6 is 0 Å².